The molecule has 150 valence electrons. The molecule has 0 aromatic heterocycles. The van der Waals surface area contributed by atoms with Gasteiger partial charge in [-0.3, -0.25) is 4.79 Å². The smallest absolute Gasteiger partial charge is 0.221 e. The van der Waals surface area contributed by atoms with E-state index in [0.29, 0.717) is 0 Å². The monoisotopic (exact) mass is 362 g/mol. The van der Waals surface area contributed by atoms with Gasteiger partial charge in [-0.15, -0.1) is 0 Å². The summed E-state index contributed by atoms with van der Waals surface area (Å²) in [6.07, 6.45) is 11.7. The van der Waals surface area contributed by atoms with Crippen molar-refractivity contribution in [3.63, 3.8) is 0 Å². The minimum atomic E-state index is -0.0140. The molecule has 1 aromatic carbocycles. The van der Waals surface area contributed by atoms with Gasteiger partial charge in [0.05, 0.1) is 0 Å². The highest BCUT2D eigenvalue weighted by atomic mass is 16.1. The van der Waals surface area contributed by atoms with Crippen molar-refractivity contribution >= 4 is 17.3 Å². The molecular formula is C23H42N2O. The number of amides is 1. The number of rotatable bonds is 12. The molecule has 0 aliphatic heterocycles. The number of carbonyl (C=O) groups is 1. The van der Waals surface area contributed by atoms with E-state index in [2.05, 4.69) is 49.3 Å². The number of carbonyl (C=O) groups excluding carboxylic acids is 1. The number of hydrogen-bond donors (Lipinski definition) is 1. The Bertz CT molecular complexity index is 485. The lowest BCUT2D eigenvalue weighted by Crippen LogP contribution is -2.19. The van der Waals surface area contributed by atoms with E-state index in [9.17, 15) is 4.79 Å². The molecule has 0 aliphatic rings. The number of benzene rings is 1. The van der Waals surface area contributed by atoms with Crippen molar-refractivity contribution in [3.05, 3.63) is 23.8 Å². The Hall–Kier alpha value is -1.51. The molecule has 0 unspecified atom stereocenters. The fourth-order valence-corrected chi connectivity index (χ4v) is 2.99. The van der Waals surface area contributed by atoms with Gasteiger partial charge < -0.3 is 10.2 Å². The molecule has 0 aliphatic carbocycles. The topological polar surface area (TPSA) is 32.3 Å². The normalized spacial score (nSPS) is 10.1. The van der Waals surface area contributed by atoms with Gasteiger partial charge in [0.15, 0.2) is 0 Å². The lowest BCUT2D eigenvalue weighted by Gasteiger charge is -2.21. The Labute approximate surface area is 162 Å². The van der Waals surface area contributed by atoms with E-state index in [1.54, 1.807) is 6.92 Å². The SMILES string of the molecule is CC.CCCCCCCCCCN(C)c1cc(CC)cc(NC(C)=O)c1. The van der Waals surface area contributed by atoms with Gasteiger partial charge in [-0.25, -0.2) is 0 Å². The van der Waals surface area contributed by atoms with Crippen molar-refractivity contribution in [3.8, 4) is 0 Å². The molecule has 0 atom stereocenters. The molecule has 0 saturated carbocycles. The standard InChI is InChI=1S/C21H36N2O.C2H6/c1-5-7-8-9-10-11-12-13-14-23(4)21-16-19(6-2)15-20(17-21)22-18(3)24;1-2/h15-17H,5-14H2,1-4H3,(H,22,24);1-2H3. The molecular weight excluding hydrogens is 320 g/mol. The summed E-state index contributed by atoms with van der Waals surface area (Å²) in [5.74, 6) is -0.0140. The first-order valence-electron chi connectivity index (χ1n) is 10.7. The van der Waals surface area contributed by atoms with Crippen LogP contribution >= 0.6 is 0 Å². The van der Waals surface area contributed by atoms with E-state index in [-0.39, 0.29) is 5.91 Å². The lowest BCUT2D eigenvalue weighted by molar-refractivity contribution is -0.114. The largest absolute Gasteiger partial charge is 0.375 e. The van der Waals surface area contributed by atoms with Gasteiger partial charge in [0.25, 0.3) is 0 Å². The summed E-state index contributed by atoms with van der Waals surface area (Å²) in [4.78, 5) is 13.6. The zero-order chi connectivity index (χ0) is 19.8. The number of nitrogens with zero attached hydrogens (tertiary/aromatic N) is 1. The number of unbranched alkanes of at least 4 members (excludes halogenated alkanes) is 7. The summed E-state index contributed by atoms with van der Waals surface area (Å²) in [6.45, 7) is 11.0. The Morgan fingerprint density at radius 3 is 2.04 bits per heavy atom. The van der Waals surface area contributed by atoms with E-state index >= 15 is 0 Å². The third-order valence-electron chi connectivity index (χ3n) is 4.49. The molecule has 1 amide bonds. The predicted octanol–water partition coefficient (Wildman–Crippen LogP) is 6.81. The van der Waals surface area contributed by atoms with E-state index < -0.39 is 0 Å². The summed E-state index contributed by atoms with van der Waals surface area (Å²) in [6, 6.07) is 6.37. The molecule has 0 bridgehead atoms. The van der Waals surface area contributed by atoms with E-state index in [0.717, 1.165) is 18.7 Å². The summed E-state index contributed by atoms with van der Waals surface area (Å²) >= 11 is 0. The average molecular weight is 363 g/mol. The molecule has 0 fully saturated rings. The molecule has 1 N–H and O–H groups in total. The van der Waals surface area contributed by atoms with Gasteiger partial charge in [0.1, 0.15) is 0 Å². The van der Waals surface area contributed by atoms with Crippen molar-refractivity contribution in [2.75, 3.05) is 23.8 Å². The molecule has 26 heavy (non-hydrogen) atoms. The highest BCUT2D eigenvalue weighted by molar-refractivity contribution is 5.89. The van der Waals surface area contributed by atoms with Gasteiger partial charge in [0.2, 0.25) is 5.91 Å². The molecule has 0 radical (unpaired) electrons. The van der Waals surface area contributed by atoms with E-state index in [4.69, 9.17) is 0 Å². The quantitative estimate of drug-likeness (QED) is 0.414. The van der Waals surface area contributed by atoms with Crippen LogP contribution in [0.5, 0.6) is 0 Å². The molecule has 0 saturated heterocycles. The van der Waals surface area contributed by atoms with Gasteiger partial charge >= 0.3 is 0 Å². The number of hydrogen-bond acceptors (Lipinski definition) is 2. The zero-order valence-corrected chi connectivity index (χ0v) is 18.2. The molecule has 3 nitrogen and oxygen atoms in total. The number of anilines is 2. The maximum Gasteiger partial charge on any atom is 0.221 e. The second-order valence-corrected chi connectivity index (χ2v) is 6.82. The van der Waals surface area contributed by atoms with Crippen molar-refractivity contribution in [2.24, 2.45) is 0 Å². The second kappa shape index (κ2) is 15.7. The lowest BCUT2D eigenvalue weighted by atomic mass is 10.1. The maximum absolute atomic E-state index is 11.3. The molecule has 1 rings (SSSR count). The predicted molar refractivity (Wildman–Crippen MR) is 117 cm³/mol. The van der Waals surface area contributed by atoms with Crippen LogP contribution in [0, 0.1) is 0 Å². The van der Waals surface area contributed by atoms with Crippen LogP contribution in [0.15, 0.2) is 18.2 Å². The Morgan fingerprint density at radius 1 is 0.923 bits per heavy atom. The third kappa shape index (κ3) is 11.2. The van der Waals surface area contributed by atoms with Crippen LogP contribution in [-0.2, 0) is 11.2 Å². The summed E-state index contributed by atoms with van der Waals surface area (Å²) < 4.78 is 0. The second-order valence-electron chi connectivity index (χ2n) is 6.82. The first kappa shape index (κ1) is 24.5. The van der Waals surface area contributed by atoms with Crippen LogP contribution in [0.1, 0.15) is 91.5 Å². The highest BCUT2D eigenvalue weighted by Gasteiger charge is 2.06. The van der Waals surface area contributed by atoms with Crippen molar-refractivity contribution in [1.29, 1.82) is 0 Å². The Kier molecular flexibility index (Phi) is 14.8. The van der Waals surface area contributed by atoms with E-state index in [1.807, 2.05) is 13.8 Å². The van der Waals surface area contributed by atoms with Crippen LogP contribution in [0.2, 0.25) is 0 Å². The molecule has 1 aromatic rings. The summed E-state index contributed by atoms with van der Waals surface area (Å²) in [5, 5.41) is 2.91. The minimum absolute atomic E-state index is 0.0140. The molecule has 0 heterocycles. The van der Waals surface area contributed by atoms with Crippen molar-refractivity contribution < 1.29 is 4.79 Å². The van der Waals surface area contributed by atoms with Gasteiger partial charge in [-0.05, 0) is 36.6 Å². The minimum Gasteiger partial charge on any atom is -0.375 e. The van der Waals surface area contributed by atoms with Crippen LogP contribution in [0.25, 0.3) is 0 Å². The first-order chi connectivity index (χ1) is 12.6. The van der Waals surface area contributed by atoms with Gasteiger partial charge in [-0.1, -0.05) is 72.6 Å². The fraction of sp³-hybridized carbons (Fsp3) is 0.696. The van der Waals surface area contributed by atoms with Crippen LogP contribution in [0.4, 0.5) is 11.4 Å². The maximum atomic E-state index is 11.3. The number of nitrogens with one attached hydrogen (secondary N) is 1. The summed E-state index contributed by atoms with van der Waals surface area (Å²) in [7, 11) is 2.15. The van der Waals surface area contributed by atoms with Crippen molar-refractivity contribution in [2.45, 2.75) is 92.4 Å². The van der Waals surface area contributed by atoms with Crippen molar-refractivity contribution in [1.82, 2.24) is 0 Å². The van der Waals surface area contributed by atoms with E-state index in [1.165, 1.54) is 62.6 Å². The fourth-order valence-electron chi connectivity index (χ4n) is 2.99. The Balaban J connectivity index is 0.00000301. The number of aryl methyl sites for hydroxylation is 1. The molecule has 3 heteroatoms. The average Bonchev–Trinajstić information content (AvgIpc) is 2.64. The first-order valence-corrected chi connectivity index (χ1v) is 10.7. The summed E-state index contributed by atoms with van der Waals surface area (Å²) in [5.41, 5.74) is 3.36. The van der Waals surface area contributed by atoms with Gasteiger partial charge in [0, 0.05) is 31.9 Å². The van der Waals surface area contributed by atoms with Crippen LogP contribution in [0.3, 0.4) is 0 Å². The van der Waals surface area contributed by atoms with Crippen LogP contribution < -0.4 is 10.2 Å². The third-order valence-corrected chi connectivity index (χ3v) is 4.49. The highest BCUT2D eigenvalue weighted by Crippen LogP contribution is 2.23. The Morgan fingerprint density at radius 2 is 1.50 bits per heavy atom. The zero-order valence-electron chi connectivity index (χ0n) is 18.2. The molecule has 0 spiro atoms. The van der Waals surface area contributed by atoms with Crippen LogP contribution in [-0.4, -0.2) is 19.5 Å². The van der Waals surface area contributed by atoms with Gasteiger partial charge in [-0.2, -0.15) is 0 Å².